The fourth-order valence-corrected chi connectivity index (χ4v) is 5.53. The Kier molecular flexibility index (Phi) is 7.44. The molecule has 0 heteroatoms. The largest absolute Gasteiger partial charge is 0.0617 e. The van der Waals surface area contributed by atoms with Gasteiger partial charge >= 0.3 is 0 Å². The van der Waals surface area contributed by atoms with Gasteiger partial charge in [-0.3, -0.25) is 0 Å². The Balaban J connectivity index is 3.23. The van der Waals surface area contributed by atoms with Gasteiger partial charge in [0.05, 0.1) is 0 Å². The molecular formula is C35H56. The van der Waals surface area contributed by atoms with Crippen LogP contribution < -0.4 is 0 Å². The van der Waals surface area contributed by atoms with Crippen LogP contribution in [0.2, 0.25) is 0 Å². The van der Waals surface area contributed by atoms with Crippen molar-refractivity contribution in [1.82, 2.24) is 0 Å². The van der Waals surface area contributed by atoms with Gasteiger partial charge in [-0.05, 0) is 66.0 Å². The van der Waals surface area contributed by atoms with Gasteiger partial charge in [-0.15, -0.1) is 0 Å². The molecule has 0 bridgehead atoms. The molecule has 0 saturated heterocycles. The first-order valence-corrected chi connectivity index (χ1v) is 13.6. The molecule has 2 aromatic carbocycles. The Morgan fingerprint density at radius 3 is 0.914 bits per heavy atom. The molecular weight excluding hydrogens is 420 g/mol. The van der Waals surface area contributed by atoms with Gasteiger partial charge in [0.2, 0.25) is 0 Å². The summed E-state index contributed by atoms with van der Waals surface area (Å²) in [7, 11) is 0. The van der Waals surface area contributed by atoms with Crippen LogP contribution in [0.3, 0.4) is 0 Å². The van der Waals surface area contributed by atoms with Crippen molar-refractivity contribution >= 4 is 0 Å². The van der Waals surface area contributed by atoms with Gasteiger partial charge in [0.15, 0.2) is 0 Å². The van der Waals surface area contributed by atoms with Crippen molar-refractivity contribution in [1.29, 1.82) is 0 Å². The monoisotopic (exact) mass is 476 g/mol. The zero-order valence-electron chi connectivity index (χ0n) is 26.4. The molecule has 0 heterocycles. The van der Waals surface area contributed by atoms with E-state index in [1.807, 2.05) is 0 Å². The second-order valence-corrected chi connectivity index (χ2v) is 16.5. The van der Waals surface area contributed by atoms with E-state index in [1.165, 1.54) is 38.9 Å². The van der Waals surface area contributed by atoms with E-state index in [4.69, 9.17) is 0 Å². The molecule has 196 valence electrons. The standard InChI is InChI=1S/C35H56/c1-30(2,3)23-21-26(33(10,11)12)29(27(22-23)34(13,14)15)35(16,17)28-24(31(4,5)6)19-18-20-25(28)32(7,8)9/h18-22H,1-17H3. The molecule has 0 aliphatic rings. The summed E-state index contributed by atoms with van der Waals surface area (Å²) >= 11 is 0. The van der Waals surface area contributed by atoms with Crippen molar-refractivity contribution in [3.63, 3.8) is 0 Å². The van der Waals surface area contributed by atoms with Gasteiger partial charge in [0.1, 0.15) is 0 Å². The lowest BCUT2D eigenvalue weighted by Gasteiger charge is -2.44. The maximum atomic E-state index is 2.53. The van der Waals surface area contributed by atoms with Crippen molar-refractivity contribution in [2.75, 3.05) is 0 Å². The predicted molar refractivity (Wildman–Crippen MR) is 159 cm³/mol. The number of rotatable bonds is 2. The summed E-state index contributed by atoms with van der Waals surface area (Å²) in [6.45, 7) is 40.6. The molecule has 0 aliphatic carbocycles. The predicted octanol–water partition coefficient (Wildman–Crippen LogP) is 10.5. The van der Waals surface area contributed by atoms with E-state index in [9.17, 15) is 0 Å². The SMILES string of the molecule is CC(C)(C)c1cc(C(C)(C)C)c(C(C)(C)c2c(C(C)(C)C)cccc2C(C)(C)C)c(C(C)(C)C)c1. The van der Waals surface area contributed by atoms with Crippen molar-refractivity contribution < 1.29 is 0 Å². The Bertz CT molecular complexity index is 988. The van der Waals surface area contributed by atoms with E-state index in [1.54, 1.807) is 0 Å². The van der Waals surface area contributed by atoms with E-state index in [-0.39, 0.29) is 32.5 Å². The van der Waals surface area contributed by atoms with Gasteiger partial charge < -0.3 is 0 Å². The lowest BCUT2D eigenvalue weighted by atomic mass is 9.60. The minimum Gasteiger partial charge on any atom is -0.0617 e. The van der Waals surface area contributed by atoms with Crippen LogP contribution in [0.4, 0.5) is 0 Å². The van der Waals surface area contributed by atoms with Crippen LogP contribution in [0.25, 0.3) is 0 Å². The van der Waals surface area contributed by atoms with E-state index in [2.05, 4.69) is 148 Å². The van der Waals surface area contributed by atoms with Crippen LogP contribution in [0.1, 0.15) is 157 Å². The Hall–Kier alpha value is -1.56. The fraction of sp³-hybridized carbons (Fsp3) is 0.657. The normalized spacial score (nSPS) is 14.4. The molecule has 0 radical (unpaired) electrons. The maximum Gasteiger partial charge on any atom is 0.0158 e. The summed E-state index contributed by atoms with van der Waals surface area (Å²) in [5.41, 5.74) is 10.5. The highest BCUT2D eigenvalue weighted by Gasteiger charge is 2.41. The summed E-state index contributed by atoms with van der Waals surface area (Å²) in [4.78, 5) is 0. The molecule has 0 spiro atoms. The molecule has 0 aliphatic heterocycles. The van der Waals surface area contributed by atoms with Crippen molar-refractivity contribution in [2.45, 2.75) is 150 Å². The van der Waals surface area contributed by atoms with Crippen LogP contribution in [0.15, 0.2) is 30.3 Å². The first-order chi connectivity index (χ1) is 15.3. The minimum absolute atomic E-state index is 0.0342. The van der Waals surface area contributed by atoms with Gasteiger partial charge in [0, 0.05) is 5.41 Å². The molecule has 0 fully saturated rings. The maximum absolute atomic E-state index is 2.53. The summed E-state index contributed by atoms with van der Waals surface area (Å²) in [6.07, 6.45) is 0. The van der Waals surface area contributed by atoms with E-state index >= 15 is 0 Å². The van der Waals surface area contributed by atoms with Crippen LogP contribution in [-0.2, 0) is 32.5 Å². The molecule has 0 unspecified atom stereocenters. The third kappa shape index (κ3) is 6.06. The molecule has 0 aromatic heterocycles. The fourth-order valence-electron chi connectivity index (χ4n) is 5.53. The lowest BCUT2D eigenvalue weighted by Crippen LogP contribution is -2.36. The van der Waals surface area contributed by atoms with Crippen molar-refractivity contribution in [2.24, 2.45) is 0 Å². The minimum atomic E-state index is -0.159. The molecule has 0 nitrogen and oxygen atoms in total. The van der Waals surface area contributed by atoms with Gasteiger partial charge in [0.25, 0.3) is 0 Å². The topological polar surface area (TPSA) is 0 Å². The van der Waals surface area contributed by atoms with Gasteiger partial charge in [-0.2, -0.15) is 0 Å². The molecule has 35 heavy (non-hydrogen) atoms. The van der Waals surface area contributed by atoms with Crippen molar-refractivity contribution in [3.05, 3.63) is 69.3 Å². The van der Waals surface area contributed by atoms with Crippen molar-refractivity contribution in [3.8, 4) is 0 Å². The third-order valence-corrected chi connectivity index (χ3v) is 7.55. The second kappa shape index (κ2) is 8.78. The zero-order valence-corrected chi connectivity index (χ0v) is 26.4. The molecule has 0 N–H and O–H groups in total. The summed E-state index contributed by atoms with van der Waals surface area (Å²) in [6, 6.07) is 12.1. The molecule has 0 atom stereocenters. The van der Waals surface area contributed by atoms with Crippen LogP contribution >= 0.6 is 0 Å². The van der Waals surface area contributed by atoms with E-state index in [0.717, 1.165) is 0 Å². The third-order valence-electron chi connectivity index (χ3n) is 7.55. The Morgan fingerprint density at radius 2 is 0.657 bits per heavy atom. The lowest BCUT2D eigenvalue weighted by molar-refractivity contribution is 0.481. The van der Waals surface area contributed by atoms with Gasteiger partial charge in [-0.1, -0.05) is 148 Å². The number of hydrogen-bond donors (Lipinski definition) is 0. The second-order valence-electron chi connectivity index (χ2n) is 16.5. The molecule has 0 amide bonds. The summed E-state index contributed by atoms with van der Waals surface area (Å²) < 4.78 is 0. The first-order valence-electron chi connectivity index (χ1n) is 13.6. The van der Waals surface area contributed by atoms with Crippen LogP contribution in [0.5, 0.6) is 0 Å². The average Bonchev–Trinajstić information content (AvgIpc) is 2.62. The van der Waals surface area contributed by atoms with E-state index < -0.39 is 0 Å². The molecule has 2 aromatic rings. The number of benzene rings is 2. The zero-order chi connectivity index (χ0) is 27.6. The highest BCUT2D eigenvalue weighted by Crippen LogP contribution is 2.50. The van der Waals surface area contributed by atoms with Crippen LogP contribution in [-0.4, -0.2) is 0 Å². The Labute approximate surface area is 219 Å². The van der Waals surface area contributed by atoms with Gasteiger partial charge in [-0.25, -0.2) is 0 Å². The highest BCUT2D eigenvalue weighted by atomic mass is 14.4. The highest BCUT2D eigenvalue weighted by molar-refractivity contribution is 5.59. The summed E-state index contributed by atoms with van der Waals surface area (Å²) in [5, 5.41) is 0. The first kappa shape index (κ1) is 29.7. The average molecular weight is 477 g/mol. The van der Waals surface area contributed by atoms with Crippen LogP contribution in [0, 0.1) is 0 Å². The Morgan fingerprint density at radius 1 is 0.371 bits per heavy atom. The molecule has 0 saturated carbocycles. The summed E-state index contributed by atoms with van der Waals surface area (Å²) in [5.74, 6) is 0. The smallest absolute Gasteiger partial charge is 0.0158 e. The quantitative estimate of drug-likeness (QED) is 0.404. The van der Waals surface area contributed by atoms with E-state index in [0.29, 0.717) is 0 Å². The number of hydrogen-bond acceptors (Lipinski definition) is 0. The molecule has 2 rings (SSSR count).